The first kappa shape index (κ1) is 66.5. The zero-order chi connectivity index (χ0) is 62.9. The van der Waals surface area contributed by atoms with E-state index in [9.17, 15) is 35.1 Å². The highest BCUT2D eigenvalue weighted by atomic mass is 16.8. The zero-order valence-corrected chi connectivity index (χ0v) is 53.6. The molecule has 20 heteroatoms. The summed E-state index contributed by atoms with van der Waals surface area (Å²) in [5.74, 6) is -4.07. The van der Waals surface area contributed by atoms with E-state index in [-0.39, 0.29) is 90.6 Å². The van der Waals surface area contributed by atoms with Crippen molar-refractivity contribution < 1.29 is 92.0 Å². The molecule has 6 N–H and O–H groups in total. The zero-order valence-electron chi connectivity index (χ0n) is 53.6. The highest BCUT2D eigenvalue weighted by molar-refractivity contribution is 6.26. The Labute approximate surface area is 514 Å². The van der Waals surface area contributed by atoms with Gasteiger partial charge in [0.1, 0.15) is 23.5 Å². The minimum absolute atomic E-state index is 0.0144. The molecule has 6 heterocycles. The van der Waals surface area contributed by atoms with Crippen molar-refractivity contribution in [3.63, 3.8) is 0 Å². The van der Waals surface area contributed by atoms with E-state index >= 15 is 4.79 Å². The summed E-state index contributed by atoms with van der Waals surface area (Å²) in [6.07, 6.45) is 5.05. The van der Waals surface area contributed by atoms with Crippen LogP contribution in [0.4, 0.5) is 0 Å². The van der Waals surface area contributed by atoms with Crippen LogP contribution in [0.5, 0.6) is 0 Å². The first-order chi connectivity index (χ1) is 41.0. The quantitative estimate of drug-likeness (QED) is 0.0623. The number of nitrogens with one attached hydrogen (secondary N) is 1. The highest BCUT2D eigenvalue weighted by Gasteiger charge is 2.64. The predicted molar refractivity (Wildman–Crippen MR) is 316 cm³/mol. The molecule has 1 spiro atoms. The lowest BCUT2D eigenvalue weighted by Gasteiger charge is -2.56. The molecule has 0 aromatic rings. The van der Waals surface area contributed by atoms with Crippen molar-refractivity contribution in [3.05, 3.63) is 58.9 Å². The van der Waals surface area contributed by atoms with Gasteiger partial charge in [0.2, 0.25) is 11.7 Å². The fourth-order valence-corrected chi connectivity index (χ4v) is 17.0. The lowest BCUT2D eigenvalue weighted by Crippen LogP contribution is -2.62. The first-order valence-electron chi connectivity index (χ1n) is 32.6. The second-order valence-corrected chi connectivity index (χ2v) is 28.2. The normalized spacial score (nSPS) is 50.2. The van der Waals surface area contributed by atoms with Gasteiger partial charge in [-0.1, -0.05) is 76.6 Å². The Morgan fingerprint density at radius 2 is 1.30 bits per heavy atom. The van der Waals surface area contributed by atoms with Crippen LogP contribution < -0.4 is 5.32 Å². The predicted octanol–water partition coefficient (Wildman–Crippen LogP) is 7.63. The largest absolute Gasteiger partial charge is 0.511 e. The number of Topliss-reactive ketones (excluding diaryl/α,β-unsaturated/α-hetero) is 1. The molecule has 2 bridgehead atoms. The summed E-state index contributed by atoms with van der Waals surface area (Å²) < 4.78 is 72.3. The summed E-state index contributed by atoms with van der Waals surface area (Å²) in [4.78, 5) is 42.6. The Kier molecular flexibility index (Phi) is 20.1. The summed E-state index contributed by atoms with van der Waals surface area (Å²) in [6.45, 7) is 26.7. The second kappa shape index (κ2) is 26.3. The number of fused-ring (bicyclic) bond motifs is 4. The molecule has 1 amide bonds. The molecule has 6 aliphatic heterocycles. The van der Waals surface area contributed by atoms with E-state index in [4.69, 9.17) is 52.1 Å². The molecule has 30 atom stereocenters. The molecular weight excluding hydrogens is 1120 g/mol. The first-order valence-corrected chi connectivity index (χ1v) is 32.6. The number of carbonyl (C=O) groups is 3. The average Bonchev–Trinajstić information content (AvgIpc) is 1.71. The van der Waals surface area contributed by atoms with Crippen LogP contribution in [0.3, 0.4) is 0 Å². The van der Waals surface area contributed by atoms with Crippen LogP contribution in [-0.4, -0.2) is 171 Å². The van der Waals surface area contributed by atoms with Gasteiger partial charge in [-0.25, -0.2) is 4.79 Å². The lowest BCUT2D eigenvalue weighted by atomic mass is 9.49. The van der Waals surface area contributed by atoms with E-state index in [0.29, 0.717) is 32.1 Å². The fourth-order valence-electron chi connectivity index (χ4n) is 17.0. The lowest BCUT2D eigenvalue weighted by molar-refractivity contribution is -0.346. The number of amides is 1. The summed E-state index contributed by atoms with van der Waals surface area (Å²) in [5, 5.41) is 59.4. The highest BCUT2D eigenvalue weighted by Crippen LogP contribution is 2.61. The second-order valence-electron chi connectivity index (χ2n) is 28.2. The van der Waals surface area contributed by atoms with Crippen LogP contribution in [-0.2, 0) is 66.5 Å². The summed E-state index contributed by atoms with van der Waals surface area (Å²) in [5.41, 5.74) is -2.83. The number of carbonyl (C=O) groups excluding carboxylic acids is 3. The van der Waals surface area contributed by atoms with Crippen LogP contribution in [0.1, 0.15) is 161 Å². The van der Waals surface area contributed by atoms with Gasteiger partial charge in [-0.05, 0) is 110 Å². The molecule has 7 fully saturated rings. The maximum atomic E-state index is 15.6. The number of esters is 1. The van der Waals surface area contributed by atoms with Gasteiger partial charge < -0.3 is 83.0 Å². The van der Waals surface area contributed by atoms with Gasteiger partial charge in [0.05, 0.1) is 78.8 Å². The fraction of sp³-hybridized carbons (Fsp3) is 0.806. The van der Waals surface area contributed by atoms with Gasteiger partial charge in [-0.2, -0.15) is 0 Å². The molecule has 87 heavy (non-hydrogen) atoms. The van der Waals surface area contributed by atoms with E-state index in [0.717, 1.165) is 17.6 Å². The number of allylic oxidation sites excluding steroid dienone is 4. The third-order valence-corrected chi connectivity index (χ3v) is 21.5. The molecule has 0 radical (unpaired) electrons. The summed E-state index contributed by atoms with van der Waals surface area (Å²) in [7, 11) is 0. The van der Waals surface area contributed by atoms with E-state index in [2.05, 4.69) is 50.4 Å². The van der Waals surface area contributed by atoms with Gasteiger partial charge in [0, 0.05) is 74.5 Å². The van der Waals surface area contributed by atoms with Crippen molar-refractivity contribution in [1.29, 1.82) is 0 Å². The Balaban J connectivity index is 0.903. The number of ether oxygens (including phenoxy) is 11. The molecule has 6 saturated heterocycles. The van der Waals surface area contributed by atoms with Gasteiger partial charge in [-0.3, -0.25) is 9.59 Å². The number of hydrogen-bond donors (Lipinski definition) is 6. The molecule has 1 saturated carbocycles. The van der Waals surface area contributed by atoms with Gasteiger partial charge >= 0.3 is 5.97 Å². The van der Waals surface area contributed by atoms with E-state index in [1.807, 2.05) is 60.6 Å². The standard InChI is InChI=1S/C67H101NO19/c1-15-42-16-17-43-26-35(6)58(86-54-30-65(13,76)61(40(11)81-54)68-41(12)69)33(4)24-31(2)45-19-18-44-56(66(45,14)62(73)55-63(74)67(43,29-42)87-64(55)75)32(3)25-34(5)59(44)84-51-23-21-48(37(8)78-51)82-53-28-49(83-50-22-20-46(70)36(7)77-50)60(39(10)80-53)85-52-27-47(71)57(72)38(9)79-52/h16-19,24,26,32-34,36-40,42-54,56-61,70-73,76H,15,20-23,25,27-30H2,1-14H3,(H,68,69)/b31-24-,35-26?,62-55?/t32-,33-,34-,36-,37-,38-,39+,40-,42-,43+,44-,45+,46+,47-,48-,49+,50-,51-,52-,53+,54-,56+,57+,58-,59-,60-,61+,65+,66+,67+/m0/s1. The van der Waals surface area contributed by atoms with Crippen LogP contribution in [0.15, 0.2) is 58.9 Å². The van der Waals surface area contributed by atoms with Crippen molar-refractivity contribution >= 4 is 17.7 Å². The van der Waals surface area contributed by atoms with Crippen molar-refractivity contribution in [3.8, 4) is 0 Å². The summed E-state index contributed by atoms with van der Waals surface area (Å²) >= 11 is 0. The Morgan fingerprint density at radius 3 is 1.98 bits per heavy atom. The average molecular weight is 1220 g/mol. The SMILES string of the molecule is CC[C@H]1C=C[C@@H]2C=C(C)[C@@H](O[C@H]3C[C@@](C)(O)[C@H](NC(C)=O)[C@H](C)O3)[C@@H](C)/C=C(/C)[C@H]3C=C[C@@H]4[C@@H](O[C@H]5CC[C@H](O[C@@H]6C[C@@H](O[C@H]7CC[C@@H](O)[C@H](C)O7)[C@@H](O[C@H]7C[C@H](O)[C@H](O)[C@H](C)O7)[C@@H](C)O6)[C@H](C)O5)[C@@H](C)C[C@H](C)[C@H]4[C@]3(C)C(O)=C3C(=O)O[C@@]2(C1)C3=O. The third kappa shape index (κ3) is 13.2. The maximum absolute atomic E-state index is 15.6. The van der Waals surface area contributed by atoms with E-state index < -0.39 is 145 Å². The smallest absolute Gasteiger partial charge is 0.346 e. The molecule has 10 rings (SSSR count). The topological polar surface area (TPSA) is 266 Å². The van der Waals surface area contributed by atoms with Crippen molar-refractivity contribution in [2.45, 2.75) is 289 Å². The maximum Gasteiger partial charge on any atom is 0.346 e. The molecule has 0 aromatic heterocycles. The Morgan fingerprint density at radius 1 is 0.655 bits per heavy atom. The molecule has 488 valence electrons. The monoisotopic (exact) mass is 1220 g/mol. The van der Waals surface area contributed by atoms with Crippen molar-refractivity contribution in [1.82, 2.24) is 5.32 Å². The van der Waals surface area contributed by atoms with E-state index in [1.54, 1.807) is 20.8 Å². The molecule has 4 aliphatic carbocycles. The molecule has 0 aromatic carbocycles. The molecule has 0 unspecified atom stereocenters. The molecular formula is C67H101NO19. The van der Waals surface area contributed by atoms with Crippen LogP contribution in [0, 0.1) is 52.8 Å². The van der Waals surface area contributed by atoms with Gasteiger partial charge in [-0.15, -0.1) is 0 Å². The number of aliphatic hydroxyl groups is 5. The Bertz CT molecular complexity index is 2640. The van der Waals surface area contributed by atoms with Crippen LogP contribution >= 0.6 is 0 Å². The minimum Gasteiger partial charge on any atom is -0.511 e. The van der Waals surface area contributed by atoms with E-state index in [1.165, 1.54) is 6.92 Å². The third-order valence-electron chi connectivity index (χ3n) is 21.5. The minimum atomic E-state index is -1.63. The van der Waals surface area contributed by atoms with Crippen molar-refractivity contribution in [2.75, 3.05) is 0 Å². The Hall–Kier alpha value is -3.45. The number of aliphatic hydroxyl groups excluding tert-OH is 4. The van der Waals surface area contributed by atoms with Crippen LogP contribution in [0.2, 0.25) is 0 Å². The number of rotatable bonds is 12. The number of ketones is 1. The van der Waals surface area contributed by atoms with Crippen LogP contribution in [0.25, 0.3) is 0 Å². The summed E-state index contributed by atoms with van der Waals surface area (Å²) in [6, 6.07) is -0.672. The van der Waals surface area contributed by atoms with Gasteiger partial charge in [0.25, 0.3) is 0 Å². The molecule has 10 aliphatic rings. The molecule has 20 nitrogen and oxygen atoms in total. The van der Waals surface area contributed by atoms with Gasteiger partial charge in [0.15, 0.2) is 37.1 Å². The number of hydrogen-bond acceptors (Lipinski definition) is 19. The van der Waals surface area contributed by atoms with Crippen molar-refractivity contribution in [2.24, 2.45) is 52.8 Å².